The van der Waals surface area contributed by atoms with Crippen LogP contribution in [0.25, 0.3) is 0 Å². The number of carbonyl (C=O) groups is 1. The van der Waals surface area contributed by atoms with E-state index in [1.165, 1.54) is 6.07 Å². The molecule has 2 aromatic carbocycles. The molecule has 1 amide bonds. The van der Waals surface area contributed by atoms with Gasteiger partial charge in [-0.05, 0) is 49.2 Å². The van der Waals surface area contributed by atoms with E-state index in [1.54, 1.807) is 26.0 Å². The minimum atomic E-state index is -0.988. The Balaban J connectivity index is 2.14. The van der Waals surface area contributed by atoms with Gasteiger partial charge in [-0.15, -0.1) is 0 Å². The third kappa shape index (κ3) is 3.95. The van der Waals surface area contributed by atoms with E-state index in [2.05, 4.69) is 5.32 Å². The molecule has 0 aliphatic carbocycles. The maximum absolute atomic E-state index is 13.2. The molecular weight excluding hydrogens is 327 g/mol. The summed E-state index contributed by atoms with van der Waals surface area (Å²) in [5.74, 6) is -0.712. The normalized spacial score (nSPS) is 10.3. The number of anilines is 1. The van der Waals surface area contributed by atoms with Gasteiger partial charge in [0.25, 0.3) is 0 Å². The molecular formula is C15H12ClFN2O4. The first-order chi connectivity index (χ1) is 10.8. The van der Waals surface area contributed by atoms with Crippen LogP contribution in [0.15, 0.2) is 30.3 Å². The van der Waals surface area contributed by atoms with Gasteiger partial charge in [-0.25, -0.2) is 4.79 Å². The van der Waals surface area contributed by atoms with Crippen molar-refractivity contribution in [2.75, 3.05) is 5.32 Å². The summed E-state index contributed by atoms with van der Waals surface area (Å²) in [6, 6.07) is 6.17. The Morgan fingerprint density at radius 1 is 1.26 bits per heavy atom. The molecule has 23 heavy (non-hydrogen) atoms. The second kappa shape index (κ2) is 6.62. The van der Waals surface area contributed by atoms with Gasteiger partial charge in [-0.1, -0.05) is 11.6 Å². The SMILES string of the molecule is Cc1cc(OC(=O)Nc2ccc(F)c([N+](=O)[O-])c2)cc(C)c1Cl. The zero-order valence-corrected chi connectivity index (χ0v) is 13.0. The van der Waals surface area contributed by atoms with Crippen LogP contribution in [0.1, 0.15) is 11.1 Å². The summed E-state index contributed by atoms with van der Waals surface area (Å²) in [6.45, 7) is 3.53. The fraction of sp³-hybridized carbons (Fsp3) is 0.133. The summed E-state index contributed by atoms with van der Waals surface area (Å²) < 4.78 is 18.3. The molecule has 8 heteroatoms. The molecule has 0 bridgehead atoms. The fourth-order valence-electron chi connectivity index (χ4n) is 1.95. The highest BCUT2D eigenvalue weighted by Gasteiger charge is 2.16. The number of nitrogens with one attached hydrogen (secondary N) is 1. The number of nitrogens with zero attached hydrogens (tertiary/aromatic N) is 1. The number of benzene rings is 2. The van der Waals surface area contributed by atoms with Crippen LogP contribution in [0.3, 0.4) is 0 Å². The maximum Gasteiger partial charge on any atom is 0.417 e. The van der Waals surface area contributed by atoms with Gasteiger partial charge in [0.2, 0.25) is 5.82 Å². The van der Waals surface area contributed by atoms with Gasteiger partial charge in [0.1, 0.15) is 5.75 Å². The van der Waals surface area contributed by atoms with Crippen LogP contribution in [-0.2, 0) is 0 Å². The van der Waals surface area contributed by atoms with Crippen LogP contribution in [0, 0.1) is 29.8 Å². The Morgan fingerprint density at radius 2 is 1.87 bits per heavy atom. The number of hydrogen-bond acceptors (Lipinski definition) is 4. The average molecular weight is 339 g/mol. The molecule has 0 unspecified atom stereocenters. The number of amides is 1. The van der Waals surface area contributed by atoms with Gasteiger partial charge in [-0.2, -0.15) is 4.39 Å². The number of nitro groups is 1. The van der Waals surface area contributed by atoms with E-state index in [0.29, 0.717) is 5.02 Å². The smallest absolute Gasteiger partial charge is 0.410 e. The number of nitro benzene ring substituents is 1. The first-order valence-electron chi connectivity index (χ1n) is 6.47. The number of halogens is 2. The lowest BCUT2D eigenvalue weighted by Crippen LogP contribution is -2.17. The van der Waals surface area contributed by atoms with Crippen molar-refractivity contribution in [2.24, 2.45) is 0 Å². The zero-order valence-electron chi connectivity index (χ0n) is 12.2. The molecule has 0 aromatic heterocycles. The highest BCUT2D eigenvalue weighted by molar-refractivity contribution is 6.32. The van der Waals surface area contributed by atoms with Crippen molar-refractivity contribution in [1.82, 2.24) is 0 Å². The molecule has 0 saturated heterocycles. The molecule has 0 saturated carbocycles. The molecule has 120 valence electrons. The van der Waals surface area contributed by atoms with Crippen LogP contribution in [0.5, 0.6) is 5.75 Å². The molecule has 0 atom stereocenters. The molecule has 0 fully saturated rings. The fourth-order valence-corrected chi connectivity index (χ4v) is 2.05. The molecule has 0 aliphatic rings. The average Bonchev–Trinajstić information content (AvgIpc) is 2.46. The third-order valence-corrected chi connectivity index (χ3v) is 3.61. The van der Waals surface area contributed by atoms with E-state index in [1.807, 2.05) is 0 Å². The van der Waals surface area contributed by atoms with Crippen molar-refractivity contribution in [1.29, 1.82) is 0 Å². The summed E-state index contributed by atoms with van der Waals surface area (Å²) in [5.41, 5.74) is 0.797. The van der Waals surface area contributed by atoms with E-state index in [-0.39, 0.29) is 11.4 Å². The van der Waals surface area contributed by atoms with Gasteiger partial charge >= 0.3 is 11.8 Å². The number of rotatable bonds is 3. The minimum absolute atomic E-state index is 0.0468. The lowest BCUT2D eigenvalue weighted by Gasteiger charge is -2.09. The third-order valence-electron chi connectivity index (χ3n) is 3.01. The predicted molar refractivity (Wildman–Crippen MR) is 83.6 cm³/mol. The molecule has 6 nitrogen and oxygen atoms in total. The monoisotopic (exact) mass is 338 g/mol. The van der Waals surface area contributed by atoms with Crippen LogP contribution >= 0.6 is 11.6 Å². The van der Waals surface area contributed by atoms with Crippen LogP contribution < -0.4 is 10.1 Å². The Kier molecular flexibility index (Phi) is 4.80. The Labute approximate surface area is 136 Å². The molecule has 2 aromatic rings. The quantitative estimate of drug-likeness (QED) is 0.654. The van der Waals surface area contributed by atoms with E-state index >= 15 is 0 Å². The van der Waals surface area contributed by atoms with E-state index < -0.39 is 22.5 Å². The van der Waals surface area contributed by atoms with Crippen molar-refractivity contribution in [3.05, 3.63) is 62.4 Å². The topological polar surface area (TPSA) is 81.5 Å². The second-order valence-electron chi connectivity index (χ2n) is 4.81. The predicted octanol–water partition coefficient (Wildman–Crippen LogP) is 4.62. The number of hydrogen-bond donors (Lipinski definition) is 1. The maximum atomic E-state index is 13.2. The van der Waals surface area contributed by atoms with E-state index in [4.69, 9.17) is 16.3 Å². The largest absolute Gasteiger partial charge is 0.417 e. The number of aryl methyl sites for hydroxylation is 2. The van der Waals surface area contributed by atoms with Crippen molar-refractivity contribution in [2.45, 2.75) is 13.8 Å². The summed E-state index contributed by atoms with van der Waals surface area (Å²) in [4.78, 5) is 21.6. The van der Waals surface area contributed by atoms with Crippen LogP contribution in [0.2, 0.25) is 5.02 Å². The minimum Gasteiger partial charge on any atom is -0.410 e. The van der Waals surface area contributed by atoms with Crippen molar-refractivity contribution in [3.8, 4) is 5.75 Å². The van der Waals surface area contributed by atoms with Crippen molar-refractivity contribution in [3.63, 3.8) is 0 Å². The highest BCUT2D eigenvalue weighted by Crippen LogP contribution is 2.26. The first-order valence-corrected chi connectivity index (χ1v) is 6.85. The van der Waals surface area contributed by atoms with Gasteiger partial charge in [-0.3, -0.25) is 15.4 Å². The molecule has 0 radical (unpaired) electrons. The van der Waals surface area contributed by atoms with Crippen LogP contribution in [0.4, 0.5) is 20.6 Å². The number of ether oxygens (including phenoxy) is 1. The van der Waals surface area contributed by atoms with Gasteiger partial charge < -0.3 is 4.74 Å². The molecule has 2 rings (SSSR count). The van der Waals surface area contributed by atoms with Gasteiger partial charge in [0, 0.05) is 11.1 Å². The Bertz CT molecular complexity index is 772. The lowest BCUT2D eigenvalue weighted by molar-refractivity contribution is -0.387. The first kappa shape index (κ1) is 16.7. The molecule has 0 aliphatic heterocycles. The molecule has 1 N–H and O–H groups in total. The van der Waals surface area contributed by atoms with Crippen molar-refractivity contribution >= 4 is 29.1 Å². The highest BCUT2D eigenvalue weighted by atomic mass is 35.5. The van der Waals surface area contributed by atoms with Gasteiger partial charge in [0.05, 0.1) is 10.6 Å². The Morgan fingerprint density at radius 3 is 2.43 bits per heavy atom. The second-order valence-corrected chi connectivity index (χ2v) is 5.19. The Hall–Kier alpha value is -2.67. The molecule has 0 spiro atoms. The lowest BCUT2D eigenvalue weighted by atomic mass is 10.1. The van der Waals surface area contributed by atoms with Crippen molar-refractivity contribution < 1.29 is 18.8 Å². The summed E-state index contributed by atoms with van der Waals surface area (Å²) >= 11 is 6.02. The van der Waals surface area contributed by atoms with Gasteiger partial charge in [0.15, 0.2) is 0 Å². The molecule has 0 heterocycles. The van der Waals surface area contributed by atoms with E-state index in [0.717, 1.165) is 23.3 Å². The van der Waals surface area contributed by atoms with Crippen LogP contribution in [-0.4, -0.2) is 11.0 Å². The summed E-state index contributed by atoms with van der Waals surface area (Å²) in [7, 11) is 0. The van der Waals surface area contributed by atoms with E-state index in [9.17, 15) is 19.3 Å². The summed E-state index contributed by atoms with van der Waals surface area (Å²) in [5, 5.41) is 13.5. The number of carbonyl (C=O) groups excluding carboxylic acids is 1. The zero-order chi connectivity index (χ0) is 17.1. The summed E-state index contributed by atoms with van der Waals surface area (Å²) in [6.07, 6.45) is -0.855. The standard InChI is InChI=1S/C15H12ClFN2O4/c1-8-5-11(6-9(2)14(8)16)23-15(20)18-10-3-4-12(17)13(7-10)19(21)22/h3-7H,1-2H3,(H,18,20).